The van der Waals surface area contributed by atoms with Crippen molar-refractivity contribution in [3.63, 3.8) is 0 Å². The summed E-state index contributed by atoms with van der Waals surface area (Å²) in [6, 6.07) is 14.5. The van der Waals surface area contributed by atoms with Crippen LogP contribution in [0.3, 0.4) is 0 Å². The third-order valence-corrected chi connectivity index (χ3v) is 4.66. The molecule has 1 aliphatic rings. The van der Waals surface area contributed by atoms with E-state index >= 15 is 0 Å². The zero-order chi connectivity index (χ0) is 17.1. The number of aromatic hydroxyl groups is 1. The van der Waals surface area contributed by atoms with E-state index in [9.17, 15) is 5.11 Å². The molecule has 2 aromatic carbocycles. The third-order valence-electron chi connectivity index (χ3n) is 4.66. The second-order valence-electron chi connectivity index (χ2n) is 6.76. The van der Waals surface area contributed by atoms with Gasteiger partial charge in [0.25, 0.3) is 0 Å². The predicted molar refractivity (Wildman–Crippen MR) is 111 cm³/mol. The van der Waals surface area contributed by atoms with E-state index in [1.807, 2.05) is 12.1 Å². The molecule has 0 radical (unpaired) electrons. The van der Waals surface area contributed by atoms with Gasteiger partial charge < -0.3 is 10.0 Å². The van der Waals surface area contributed by atoms with E-state index in [1.54, 1.807) is 0 Å². The minimum atomic E-state index is 0. The SMILES string of the molecule is Br.Cc1ccc(C(CC2=CCN(C)C=C2)c2cc(C)ccc2O)cc1. The molecule has 1 N–H and O–H groups in total. The van der Waals surface area contributed by atoms with Crippen LogP contribution in [0.25, 0.3) is 0 Å². The number of benzene rings is 2. The molecular formula is C22H26BrNO. The van der Waals surface area contributed by atoms with Gasteiger partial charge in [-0.2, -0.15) is 0 Å². The number of hydrogen-bond acceptors (Lipinski definition) is 2. The Morgan fingerprint density at radius 1 is 1.04 bits per heavy atom. The molecule has 0 bridgehead atoms. The third kappa shape index (κ3) is 4.76. The maximum absolute atomic E-state index is 10.4. The molecule has 0 amide bonds. The molecule has 0 fully saturated rings. The van der Waals surface area contributed by atoms with Crippen molar-refractivity contribution in [1.82, 2.24) is 4.90 Å². The van der Waals surface area contributed by atoms with E-state index in [1.165, 1.54) is 22.3 Å². The zero-order valence-electron chi connectivity index (χ0n) is 15.1. The van der Waals surface area contributed by atoms with E-state index in [0.29, 0.717) is 5.75 Å². The Kier molecular flexibility index (Phi) is 6.49. The van der Waals surface area contributed by atoms with E-state index in [4.69, 9.17) is 0 Å². The lowest BCUT2D eigenvalue weighted by Gasteiger charge is -2.23. The molecule has 3 rings (SSSR count). The fourth-order valence-corrected chi connectivity index (χ4v) is 3.16. The van der Waals surface area contributed by atoms with E-state index in [-0.39, 0.29) is 22.9 Å². The minimum Gasteiger partial charge on any atom is -0.508 e. The first-order valence-corrected chi connectivity index (χ1v) is 8.46. The summed E-state index contributed by atoms with van der Waals surface area (Å²) in [6.07, 6.45) is 7.47. The smallest absolute Gasteiger partial charge is 0.119 e. The monoisotopic (exact) mass is 399 g/mol. The molecule has 25 heavy (non-hydrogen) atoms. The molecule has 132 valence electrons. The molecule has 0 saturated heterocycles. The fraction of sp³-hybridized carbons (Fsp3) is 0.273. The molecule has 2 aromatic rings. The number of nitrogens with zero attached hydrogens (tertiary/aromatic N) is 1. The van der Waals surface area contributed by atoms with Gasteiger partial charge in [0.15, 0.2) is 0 Å². The lowest BCUT2D eigenvalue weighted by atomic mass is 9.84. The van der Waals surface area contributed by atoms with Gasteiger partial charge >= 0.3 is 0 Å². The van der Waals surface area contributed by atoms with Crippen LogP contribution in [0.5, 0.6) is 5.75 Å². The second kappa shape index (κ2) is 8.39. The van der Waals surface area contributed by atoms with Crippen molar-refractivity contribution in [2.75, 3.05) is 13.6 Å². The van der Waals surface area contributed by atoms with Gasteiger partial charge in [0.05, 0.1) is 0 Å². The Labute approximate surface area is 161 Å². The number of halogens is 1. The molecule has 1 heterocycles. The molecule has 0 spiro atoms. The number of phenols is 1. The Bertz CT molecular complexity index is 777. The molecule has 2 nitrogen and oxygen atoms in total. The first kappa shape index (κ1) is 19.3. The molecule has 1 atom stereocenters. The molecule has 0 aliphatic carbocycles. The van der Waals surface area contributed by atoms with E-state index in [0.717, 1.165) is 18.5 Å². The highest BCUT2D eigenvalue weighted by atomic mass is 79.9. The lowest BCUT2D eigenvalue weighted by molar-refractivity contribution is 0.463. The number of likely N-dealkylation sites (N-methyl/N-ethyl adjacent to an activating group) is 1. The predicted octanol–water partition coefficient (Wildman–Crippen LogP) is 5.49. The highest BCUT2D eigenvalue weighted by Gasteiger charge is 2.19. The largest absolute Gasteiger partial charge is 0.508 e. The summed E-state index contributed by atoms with van der Waals surface area (Å²) in [4.78, 5) is 2.16. The number of aryl methyl sites for hydroxylation is 2. The van der Waals surface area contributed by atoms with Crippen molar-refractivity contribution in [1.29, 1.82) is 0 Å². The van der Waals surface area contributed by atoms with Gasteiger partial charge in [0.2, 0.25) is 0 Å². The lowest BCUT2D eigenvalue weighted by Crippen LogP contribution is -2.14. The Hall–Kier alpha value is -2.00. The molecule has 3 heteroatoms. The van der Waals surface area contributed by atoms with Crippen LogP contribution >= 0.6 is 17.0 Å². The fourth-order valence-electron chi connectivity index (χ4n) is 3.16. The van der Waals surface area contributed by atoms with Gasteiger partial charge in [0, 0.05) is 25.1 Å². The van der Waals surface area contributed by atoms with Gasteiger partial charge in [-0.1, -0.05) is 53.6 Å². The number of allylic oxidation sites excluding steroid dienone is 2. The quantitative estimate of drug-likeness (QED) is 0.733. The van der Waals surface area contributed by atoms with Crippen LogP contribution in [0.1, 0.15) is 34.6 Å². The maximum atomic E-state index is 10.4. The molecular weight excluding hydrogens is 374 g/mol. The van der Waals surface area contributed by atoms with Crippen LogP contribution in [-0.2, 0) is 0 Å². The van der Waals surface area contributed by atoms with Crippen molar-refractivity contribution >= 4 is 17.0 Å². The van der Waals surface area contributed by atoms with E-state index < -0.39 is 0 Å². The van der Waals surface area contributed by atoms with Gasteiger partial charge in [-0.3, -0.25) is 0 Å². The first-order chi connectivity index (χ1) is 11.5. The van der Waals surface area contributed by atoms with Crippen LogP contribution in [-0.4, -0.2) is 23.6 Å². The summed E-state index contributed by atoms with van der Waals surface area (Å²) in [5, 5.41) is 10.4. The normalized spacial score (nSPS) is 14.7. The average Bonchev–Trinajstić information content (AvgIpc) is 2.58. The molecule has 0 saturated carbocycles. The van der Waals surface area contributed by atoms with Crippen molar-refractivity contribution in [2.45, 2.75) is 26.2 Å². The van der Waals surface area contributed by atoms with Crippen molar-refractivity contribution < 1.29 is 5.11 Å². The van der Waals surface area contributed by atoms with Gasteiger partial charge in [-0.05, 0) is 49.7 Å². The van der Waals surface area contributed by atoms with Gasteiger partial charge in [0.1, 0.15) is 5.75 Å². The number of phenolic OH excluding ortho intramolecular Hbond substituents is 1. The zero-order valence-corrected chi connectivity index (χ0v) is 16.8. The van der Waals surface area contributed by atoms with Crippen LogP contribution in [0.2, 0.25) is 0 Å². The first-order valence-electron chi connectivity index (χ1n) is 8.46. The summed E-state index contributed by atoms with van der Waals surface area (Å²) in [7, 11) is 2.08. The Balaban J connectivity index is 0.00000225. The molecule has 1 unspecified atom stereocenters. The number of hydrogen-bond donors (Lipinski definition) is 1. The summed E-state index contributed by atoms with van der Waals surface area (Å²) in [5.74, 6) is 0.536. The summed E-state index contributed by atoms with van der Waals surface area (Å²) < 4.78 is 0. The summed E-state index contributed by atoms with van der Waals surface area (Å²) in [6.45, 7) is 5.11. The topological polar surface area (TPSA) is 23.5 Å². The summed E-state index contributed by atoms with van der Waals surface area (Å²) >= 11 is 0. The van der Waals surface area contributed by atoms with Crippen molar-refractivity contribution in [3.8, 4) is 5.75 Å². The van der Waals surface area contributed by atoms with Crippen molar-refractivity contribution in [2.24, 2.45) is 0 Å². The highest BCUT2D eigenvalue weighted by Crippen LogP contribution is 2.37. The maximum Gasteiger partial charge on any atom is 0.119 e. The van der Waals surface area contributed by atoms with Gasteiger partial charge in [-0.15, -0.1) is 17.0 Å². The van der Waals surface area contributed by atoms with Crippen LogP contribution in [0, 0.1) is 13.8 Å². The van der Waals surface area contributed by atoms with Crippen LogP contribution in [0.4, 0.5) is 0 Å². The Morgan fingerprint density at radius 3 is 2.36 bits per heavy atom. The van der Waals surface area contributed by atoms with Gasteiger partial charge in [-0.25, -0.2) is 0 Å². The Morgan fingerprint density at radius 2 is 1.72 bits per heavy atom. The molecule has 0 aromatic heterocycles. The van der Waals surface area contributed by atoms with E-state index in [2.05, 4.69) is 74.5 Å². The number of rotatable bonds is 4. The minimum absolute atomic E-state index is 0. The van der Waals surface area contributed by atoms with Crippen LogP contribution < -0.4 is 0 Å². The average molecular weight is 400 g/mol. The second-order valence-corrected chi connectivity index (χ2v) is 6.76. The van der Waals surface area contributed by atoms with Crippen molar-refractivity contribution in [3.05, 3.63) is 88.6 Å². The standard InChI is InChI=1S/C22H25NO.BrH/c1-16-4-7-19(8-5-16)20(15-18-10-12-23(3)13-11-18)21-14-17(2)6-9-22(21)24;/h4-12,14,20,24H,13,15H2,1-3H3;1H. The van der Waals surface area contributed by atoms with Crippen LogP contribution in [0.15, 0.2) is 66.4 Å². The molecule has 1 aliphatic heterocycles. The highest BCUT2D eigenvalue weighted by molar-refractivity contribution is 8.93. The summed E-state index contributed by atoms with van der Waals surface area (Å²) in [5.41, 5.74) is 6.00.